The van der Waals surface area contributed by atoms with Gasteiger partial charge in [0.1, 0.15) is 17.2 Å². The highest BCUT2D eigenvalue weighted by molar-refractivity contribution is 6.01. The third-order valence-corrected chi connectivity index (χ3v) is 6.56. The van der Waals surface area contributed by atoms with Gasteiger partial charge in [-0.1, -0.05) is 48.5 Å². The number of ether oxygens (including phenoxy) is 3. The minimum Gasteiger partial charge on any atom is -0.497 e. The van der Waals surface area contributed by atoms with Crippen LogP contribution in [0, 0.1) is 5.92 Å². The summed E-state index contributed by atoms with van der Waals surface area (Å²) in [6, 6.07) is 31.5. The fourth-order valence-corrected chi connectivity index (χ4v) is 4.46. The van der Waals surface area contributed by atoms with Crippen molar-refractivity contribution in [3.63, 3.8) is 0 Å². The van der Waals surface area contributed by atoms with E-state index in [1.807, 2.05) is 54.6 Å². The quantitative estimate of drug-likeness (QED) is 0.200. The van der Waals surface area contributed by atoms with E-state index < -0.39 is 11.9 Å². The maximum Gasteiger partial charge on any atom is 0.311 e. The van der Waals surface area contributed by atoms with Crippen molar-refractivity contribution in [3.05, 3.63) is 109 Å². The Morgan fingerprint density at radius 3 is 2.21 bits per heavy atom. The number of methoxy groups -OCH3 is 1. The Balaban J connectivity index is 1.19. The van der Waals surface area contributed by atoms with Gasteiger partial charge in [-0.2, -0.15) is 0 Å². The fraction of sp³-hybridized carbons (Fsp3) is 0.156. The van der Waals surface area contributed by atoms with E-state index in [4.69, 9.17) is 14.2 Å². The van der Waals surface area contributed by atoms with Gasteiger partial charge >= 0.3 is 5.97 Å². The third-order valence-electron chi connectivity index (χ3n) is 6.56. The molecule has 39 heavy (non-hydrogen) atoms. The van der Waals surface area contributed by atoms with E-state index in [9.17, 15) is 14.4 Å². The number of hydrogen-bond acceptors (Lipinski definition) is 6. The molecule has 5 rings (SSSR count). The van der Waals surface area contributed by atoms with Crippen molar-refractivity contribution in [2.24, 2.45) is 5.92 Å². The van der Waals surface area contributed by atoms with Gasteiger partial charge in [-0.15, -0.1) is 0 Å². The average Bonchev–Trinajstić information content (AvgIpc) is 3.38. The first kappa shape index (κ1) is 25.7. The number of benzene rings is 4. The Hall–Kier alpha value is -4.91. The van der Waals surface area contributed by atoms with Crippen LogP contribution in [0.2, 0.25) is 0 Å². The van der Waals surface area contributed by atoms with Gasteiger partial charge in [-0.3, -0.25) is 14.4 Å². The van der Waals surface area contributed by atoms with E-state index in [-0.39, 0.29) is 31.3 Å². The van der Waals surface area contributed by atoms with E-state index in [0.717, 1.165) is 16.9 Å². The van der Waals surface area contributed by atoms with Crippen LogP contribution in [0.4, 0.5) is 5.69 Å². The van der Waals surface area contributed by atoms with Gasteiger partial charge in [0.25, 0.3) is 0 Å². The first-order valence-electron chi connectivity index (χ1n) is 12.6. The molecule has 0 saturated carbocycles. The monoisotopic (exact) mass is 521 g/mol. The molecule has 0 bridgehead atoms. The Morgan fingerprint density at radius 2 is 1.49 bits per heavy atom. The largest absolute Gasteiger partial charge is 0.497 e. The predicted octanol–water partition coefficient (Wildman–Crippen LogP) is 5.93. The van der Waals surface area contributed by atoms with Crippen molar-refractivity contribution in [2.75, 3.05) is 25.2 Å². The van der Waals surface area contributed by atoms with Gasteiger partial charge in [0.2, 0.25) is 5.91 Å². The summed E-state index contributed by atoms with van der Waals surface area (Å²) in [7, 11) is 1.54. The molecule has 7 heteroatoms. The minimum atomic E-state index is -0.644. The van der Waals surface area contributed by atoms with Crippen LogP contribution in [-0.4, -0.2) is 37.9 Å². The lowest BCUT2D eigenvalue weighted by Gasteiger charge is -2.17. The molecule has 0 radical (unpaired) electrons. The lowest BCUT2D eigenvalue weighted by Crippen LogP contribution is -2.27. The highest BCUT2D eigenvalue weighted by atomic mass is 16.5. The van der Waals surface area contributed by atoms with Crippen LogP contribution in [0.15, 0.2) is 103 Å². The number of ketones is 1. The first-order valence-corrected chi connectivity index (χ1v) is 12.6. The molecule has 4 aromatic rings. The summed E-state index contributed by atoms with van der Waals surface area (Å²) in [6.45, 7) is -0.197. The molecule has 4 aromatic carbocycles. The Morgan fingerprint density at radius 1 is 0.821 bits per heavy atom. The molecule has 1 aliphatic heterocycles. The average molecular weight is 522 g/mol. The molecule has 0 N–H and O–H groups in total. The van der Waals surface area contributed by atoms with Gasteiger partial charge in [0, 0.05) is 29.8 Å². The van der Waals surface area contributed by atoms with Crippen LogP contribution in [0.5, 0.6) is 17.2 Å². The van der Waals surface area contributed by atoms with Gasteiger partial charge in [0.05, 0.1) is 13.0 Å². The molecule has 0 aliphatic carbocycles. The predicted molar refractivity (Wildman–Crippen MR) is 147 cm³/mol. The molecule has 1 saturated heterocycles. The number of para-hydroxylation sites is 1. The van der Waals surface area contributed by atoms with Crippen molar-refractivity contribution < 1.29 is 28.6 Å². The molecule has 1 aliphatic rings. The Bertz CT molecular complexity index is 1470. The van der Waals surface area contributed by atoms with Gasteiger partial charge in [-0.25, -0.2) is 0 Å². The molecule has 0 aromatic heterocycles. The number of amides is 1. The van der Waals surface area contributed by atoms with Crippen LogP contribution in [0.3, 0.4) is 0 Å². The first-order chi connectivity index (χ1) is 19.0. The van der Waals surface area contributed by atoms with Crippen molar-refractivity contribution in [3.8, 4) is 28.4 Å². The van der Waals surface area contributed by atoms with E-state index in [1.54, 1.807) is 60.5 Å². The zero-order valence-electron chi connectivity index (χ0n) is 21.4. The van der Waals surface area contributed by atoms with Crippen LogP contribution in [0.25, 0.3) is 11.1 Å². The number of nitrogens with zero attached hydrogens (tertiary/aromatic N) is 1. The maximum absolute atomic E-state index is 12.7. The second kappa shape index (κ2) is 11.6. The molecule has 196 valence electrons. The van der Waals surface area contributed by atoms with E-state index in [1.165, 1.54) is 0 Å². The van der Waals surface area contributed by atoms with Crippen LogP contribution < -0.4 is 14.4 Å². The zero-order valence-corrected chi connectivity index (χ0v) is 21.4. The second-order valence-corrected chi connectivity index (χ2v) is 9.12. The SMILES string of the molecule is COc1ccc(C(=O)COC(=O)[C@H]2CC(=O)N(c3ccc(Oc4ccccc4-c4ccccc4)cc3)C2)cc1. The van der Waals surface area contributed by atoms with Crippen LogP contribution in [-0.2, 0) is 14.3 Å². The van der Waals surface area contributed by atoms with E-state index in [0.29, 0.717) is 22.7 Å². The van der Waals surface area contributed by atoms with Gasteiger partial charge in [0.15, 0.2) is 12.4 Å². The van der Waals surface area contributed by atoms with Crippen molar-refractivity contribution in [2.45, 2.75) is 6.42 Å². The molecule has 1 heterocycles. The summed E-state index contributed by atoms with van der Waals surface area (Å²) in [5.41, 5.74) is 3.11. The number of rotatable bonds is 9. The topological polar surface area (TPSA) is 82.1 Å². The number of carbonyl (C=O) groups excluding carboxylic acids is 3. The fourth-order valence-electron chi connectivity index (χ4n) is 4.46. The molecule has 7 nitrogen and oxygen atoms in total. The highest BCUT2D eigenvalue weighted by Gasteiger charge is 2.36. The standard InChI is InChI=1S/C32H27NO6/c1-37-26-15-11-23(12-16-26)29(34)21-38-32(36)24-19-31(35)33(20-24)25-13-17-27(18-14-25)39-30-10-6-5-9-28(30)22-7-3-2-4-8-22/h2-18,24H,19-21H2,1H3/t24-/m0/s1. The second-order valence-electron chi connectivity index (χ2n) is 9.12. The molecule has 0 unspecified atom stereocenters. The van der Waals surface area contributed by atoms with Crippen molar-refractivity contribution >= 4 is 23.3 Å². The molecule has 1 fully saturated rings. The highest BCUT2D eigenvalue weighted by Crippen LogP contribution is 2.34. The Kier molecular flexibility index (Phi) is 7.68. The maximum atomic E-state index is 12.7. The Labute approximate surface area is 226 Å². The van der Waals surface area contributed by atoms with Crippen molar-refractivity contribution in [1.29, 1.82) is 0 Å². The summed E-state index contributed by atoms with van der Waals surface area (Å²) < 4.78 is 16.5. The number of Topliss-reactive ketones (excluding diaryl/α,β-unsaturated/α-hetero) is 1. The van der Waals surface area contributed by atoms with Gasteiger partial charge in [-0.05, 0) is 60.2 Å². The molecule has 1 atom stereocenters. The lowest BCUT2D eigenvalue weighted by molar-refractivity contribution is -0.147. The number of carbonyl (C=O) groups is 3. The smallest absolute Gasteiger partial charge is 0.311 e. The summed E-state index contributed by atoms with van der Waals surface area (Å²) in [5, 5.41) is 0. The third kappa shape index (κ3) is 5.99. The summed E-state index contributed by atoms with van der Waals surface area (Å²) in [5.74, 6) is 0.269. The van der Waals surface area contributed by atoms with E-state index in [2.05, 4.69) is 0 Å². The van der Waals surface area contributed by atoms with Gasteiger partial charge < -0.3 is 19.1 Å². The van der Waals surface area contributed by atoms with Crippen LogP contribution >= 0.6 is 0 Å². The lowest BCUT2D eigenvalue weighted by atomic mass is 10.0. The number of hydrogen-bond donors (Lipinski definition) is 0. The molecule has 1 amide bonds. The summed E-state index contributed by atoms with van der Waals surface area (Å²) in [6.07, 6.45) is 0.0261. The molecular weight excluding hydrogens is 494 g/mol. The normalized spacial score (nSPS) is 14.6. The number of esters is 1. The summed E-state index contributed by atoms with van der Waals surface area (Å²) in [4.78, 5) is 39.2. The van der Waals surface area contributed by atoms with Crippen LogP contribution in [0.1, 0.15) is 16.8 Å². The minimum absolute atomic E-state index is 0.0261. The molecular formula is C32H27NO6. The van der Waals surface area contributed by atoms with E-state index >= 15 is 0 Å². The zero-order chi connectivity index (χ0) is 27.2. The summed E-state index contributed by atoms with van der Waals surface area (Å²) >= 11 is 0. The van der Waals surface area contributed by atoms with Crippen molar-refractivity contribution in [1.82, 2.24) is 0 Å². The number of anilines is 1. The molecule has 0 spiro atoms.